The summed E-state index contributed by atoms with van der Waals surface area (Å²) in [6, 6.07) is 3.28. The number of pyridine rings is 1. The predicted molar refractivity (Wildman–Crippen MR) is 52.7 cm³/mol. The van der Waals surface area contributed by atoms with Gasteiger partial charge in [-0.15, -0.1) is 0 Å². The van der Waals surface area contributed by atoms with E-state index in [1.165, 1.54) is 12.3 Å². The van der Waals surface area contributed by atoms with Gasteiger partial charge < -0.3 is 0 Å². The molecule has 0 saturated heterocycles. The lowest BCUT2D eigenvalue weighted by molar-refractivity contribution is 0.209. The highest BCUT2D eigenvalue weighted by Gasteiger charge is 2.46. The van der Waals surface area contributed by atoms with Gasteiger partial charge in [-0.2, -0.15) is 4.39 Å². The Morgan fingerprint density at radius 2 is 2.13 bits per heavy atom. The monoisotopic (exact) mass is 209 g/mol. The smallest absolute Gasteiger partial charge is 0.213 e. The first-order valence-electron chi connectivity index (χ1n) is 5.49. The zero-order chi connectivity index (χ0) is 10.4. The average Bonchev–Trinajstić information content (AvgIpc) is 2.76. The second-order valence-electron chi connectivity index (χ2n) is 4.77. The Labute approximate surface area is 87.5 Å². The Hall–Kier alpha value is -0.990. The summed E-state index contributed by atoms with van der Waals surface area (Å²) >= 11 is 0. The Balaban J connectivity index is 1.90. The van der Waals surface area contributed by atoms with Crippen molar-refractivity contribution < 1.29 is 8.78 Å². The normalized spacial score (nSPS) is 38.5. The van der Waals surface area contributed by atoms with Crippen molar-refractivity contribution in [3.8, 4) is 0 Å². The van der Waals surface area contributed by atoms with Gasteiger partial charge in [-0.1, -0.05) is 0 Å². The predicted octanol–water partition coefficient (Wildman–Crippen LogP) is 3.07. The van der Waals surface area contributed by atoms with Crippen LogP contribution >= 0.6 is 0 Å². The second kappa shape index (κ2) is 3.26. The molecule has 80 valence electrons. The zero-order valence-corrected chi connectivity index (χ0v) is 8.37. The fourth-order valence-electron chi connectivity index (χ4n) is 3.30. The highest BCUT2D eigenvalue weighted by Crippen LogP contribution is 2.53. The fourth-order valence-corrected chi connectivity index (χ4v) is 3.30. The lowest BCUT2D eigenvalue weighted by Gasteiger charge is -2.24. The summed E-state index contributed by atoms with van der Waals surface area (Å²) in [7, 11) is 0. The van der Waals surface area contributed by atoms with Gasteiger partial charge in [0.05, 0.1) is 0 Å². The molecule has 2 aliphatic carbocycles. The summed E-state index contributed by atoms with van der Waals surface area (Å²) in [6.07, 6.45) is 3.52. The summed E-state index contributed by atoms with van der Waals surface area (Å²) < 4.78 is 26.5. The van der Waals surface area contributed by atoms with Crippen molar-refractivity contribution in [3.05, 3.63) is 29.8 Å². The molecule has 0 N–H and O–H groups in total. The number of nitrogens with zero attached hydrogens (tertiary/aromatic N) is 1. The number of hydrogen-bond donors (Lipinski definition) is 0. The molecule has 1 aromatic rings. The molecule has 3 rings (SSSR count). The van der Waals surface area contributed by atoms with Crippen LogP contribution in [0.15, 0.2) is 18.3 Å². The number of hydrogen-bond acceptors (Lipinski definition) is 1. The summed E-state index contributed by atoms with van der Waals surface area (Å²) in [5, 5.41) is 0. The molecular weight excluding hydrogens is 196 g/mol. The molecule has 0 radical (unpaired) electrons. The van der Waals surface area contributed by atoms with E-state index in [2.05, 4.69) is 4.98 Å². The zero-order valence-electron chi connectivity index (χ0n) is 8.37. The fraction of sp³-hybridized carbons (Fsp3) is 0.583. The van der Waals surface area contributed by atoms with Crippen LogP contribution in [0, 0.1) is 17.8 Å². The second-order valence-corrected chi connectivity index (χ2v) is 4.77. The molecule has 0 aliphatic heterocycles. The molecule has 4 unspecified atom stereocenters. The Morgan fingerprint density at radius 1 is 1.27 bits per heavy atom. The molecule has 2 bridgehead atoms. The largest absolute Gasteiger partial charge is 0.247 e. The van der Waals surface area contributed by atoms with Crippen LogP contribution in [0.1, 0.15) is 30.7 Å². The third-order valence-corrected chi connectivity index (χ3v) is 3.91. The van der Waals surface area contributed by atoms with Crippen molar-refractivity contribution in [2.75, 3.05) is 0 Å². The van der Waals surface area contributed by atoms with Crippen LogP contribution in [-0.2, 0) is 0 Å². The Kier molecular flexibility index (Phi) is 2.01. The number of rotatable bonds is 1. The van der Waals surface area contributed by atoms with Gasteiger partial charge in [0, 0.05) is 6.20 Å². The minimum atomic E-state index is -0.676. The van der Waals surface area contributed by atoms with Gasteiger partial charge in [0.25, 0.3) is 0 Å². The maximum atomic E-state index is 13.5. The number of alkyl halides is 1. The van der Waals surface area contributed by atoms with E-state index in [0.29, 0.717) is 12.3 Å². The molecule has 1 nitrogen and oxygen atoms in total. The van der Waals surface area contributed by atoms with E-state index < -0.39 is 12.1 Å². The summed E-state index contributed by atoms with van der Waals surface area (Å²) in [5.41, 5.74) is 0.928. The first-order chi connectivity index (χ1) is 7.24. The molecular formula is C12H13F2N. The third kappa shape index (κ3) is 1.45. The molecule has 1 aromatic heterocycles. The topological polar surface area (TPSA) is 12.9 Å². The van der Waals surface area contributed by atoms with Crippen LogP contribution in [0.4, 0.5) is 8.78 Å². The summed E-state index contributed by atoms with van der Waals surface area (Å²) in [5.74, 6) is 0.407. The van der Waals surface area contributed by atoms with Crippen LogP contribution in [0.25, 0.3) is 0 Å². The van der Waals surface area contributed by atoms with Gasteiger partial charge in [-0.3, -0.25) is 0 Å². The standard InChI is InChI=1S/C12H13F2N/c13-11-5-7-3-9(10(11)4-7)8-1-2-15-12(14)6-8/h1-2,6-7,9-11H,3-5H2. The SMILES string of the molecule is Fc1cc(C2CC3CC(F)C2C3)ccn1. The van der Waals surface area contributed by atoms with Crippen molar-refractivity contribution in [3.63, 3.8) is 0 Å². The van der Waals surface area contributed by atoms with Gasteiger partial charge in [0.1, 0.15) is 6.17 Å². The maximum absolute atomic E-state index is 13.5. The average molecular weight is 209 g/mol. The molecule has 2 aliphatic rings. The quantitative estimate of drug-likeness (QED) is 0.648. The molecule has 4 atom stereocenters. The van der Waals surface area contributed by atoms with Gasteiger partial charge in [0.15, 0.2) is 0 Å². The lowest BCUT2D eigenvalue weighted by atomic mass is 9.83. The van der Waals surface area contributed by atoms with Crippen LogP contribution < -0.4 is 0 Å². The molecule has 1 heterocycles. The van der Waals surface area contributed by atoms with E-state index in [-0.39, 0.29) is 11.8 Å². The molecule has 3 heteroatoms. The first-order valence-corrected chi connectivity index (χ1v) is 5.49. The van der Waals surface area contributed by atoms with Crippen molar-refractivity contribution in [2.45, 2.75) is 31.4 Å². The van der Waals surface area contributed by atoms with Gasteiger partial charge in [-0.05, 0) is 54.7 Å². The van der Waals surface area contributed by atoms with E-state index in [9.17, 15) is 8.78 Å². The Morgan fingerprint density at radius 3 is 2.80 bits per heavy atom. The molecule has 2 saturated carbocycles. The number of aromatic nitrogens is 1. The maximum Gasteiger partial charge on any atom is 0.213 e. The van der Waals surface area contributed by atoms with Crippen LogP contribution in [0.2, 0.25) is 0 Å². The third-order valence-electron chi connectivity index (χ3n) is 3.91. The van der Waals surface area contributed by atoms with Crippen molar-refractivity contribution in [1.29, 1.82) is 0 Å². The highest BCUT2D eigenvalue weighted by atomic mass is 19.1. The van der Waals surface area contributed by atoms with Crippen molar-refractivity contribution in [1.82, 2.24) is 4.98 Å². The van der Waals surface area contributed by atoms with Crippen LogP contribution in [0.5, 0.6) is 0 Å². The highest BCUT2D eigenvalue weighted by molar-refractivity contribution is 5.21. The van der Waals surface area contributed by atoms with E-state index in [0.717, 1.165) is 18.4 Å². The molecule has 0 aromatic carbocycles. The summed E-state index contributed by atoms with van der Waals surface area (Å²) in [6.45, 7) is 0. The van der Waals surface area contributed by atoms with Crippen molar-refractivity contribution in [2.24, 2.45) is 11.8 Å². The molecule has 0 spiro atoms. The minimum Gasteiger partial charge on any atom is -0.247 e. The molecule has 15 heavy (non-hydrogen) atoms. The van der Waals surface area contributed by atoms with E-state index in [1.54, 1.807) is 0 Å². The number of halogens is 2. The Bertz CT molecular complexity index is 380. The van der Waals surface area contributed by atoms with Gasteiger partial charge in [-0.25, -0.2) is 9.37 Å². The molecule has 2 fully saturated rings. The van der Waals surface area contributed by atoms with Crippen molar-refractivity contribution >= 4 is 0 Å². The van der Waals surface area contributed by atoms with E-state index >= 15 is 0 Å². The minimum absolute atomic E-state index is 0.122. The first kappa shape index (κ1) is 9.25. The molecule has 0 amide bonds. The summed E-state index contributed by atoms with van der Waals surface area (Å²) in [4.78, 5) is 3.53. The van der Waals surface area contributed by atoms with Crippen LogP contribution in [0.3, 0.4) is 0 Å². The van der Waals surface area contributed by atoms with Crippen LogP contribution in [-0.4, -0.2) is 11.2 Å². The van der Waals surface area contributed by atoms with E-state index in [1.807, 2.05) is 6.07 Å². The number of fused-ring (bicyclic) bond motifs is 2. The van der Waals surface area contributed by atoms with Gasteiger partial charge in [0.2, 0.25) is 5.95 Å². The lowest BCUT2D eigenvalue weighted by Crippen LogP contribution is -2.19. The van der Waals surface area contributed by atoms with Gasteiger partial charge >= 0.3 is 0 Å². The van der Waals surface area contributed by atoms with E-state index in [4.69, 9.17) is 0 Å².